The molecule has 2 fully saturated rings. The molecule has 0 bridgehead atoms. The van der Waals surface area contributed by atoms with Crippen molar-refractivity contribution < 1.29 is 71.5 Å². The highest BCUT2D eigenvalue weighted by molar-refractivity contribution is 7.99. The Morgan fingerprint density at radius 3 is 2.33 bits per heavy atom. The minimum Gasteiger partial charge on any atom is -0.387 e. The first kappa shape index (κ1) is 36.6. The molecule has 10 atom stereocenters. The van der Waals surface area contributed by atoms with Gasteiger partial charge in [-0.3, -0.25) is 18.4 Å². The molecule has 2 saturated heterocycles. The molecule has 24 heteroatoms. The first-order valence-electron chi connectivity index (χ1n) is 14.2. The van der Waals surface area contributed by atoms with Crippen LogP contribution in [0.2, 0.25) is 0 Å². The number of amides is 1. The topological polar surface area (TPSA) is 318 Å². The summed E-state index contributed by atoms with van der Waals surface area (Å²) in [7, 11) is -10.8. The van der Waals surface area contributed by atoms with Gasteiger partial charge in [-0.25, -0.2) is 24.1 Å². The zero-order valence-electron chi connectivity index (χ0n) is 25.0. The molecule has 0 saturated carbocycles. The maximum Gasteiger partial charge on any atom is 0.481 e. The largest absolute Gasteiger partial charge is 0.481 e. The fourth-order valence-corrected chi connectivity index (χ4v) is 7.90. The maximum atomic E-state index is 12.6. The predicted octanol–water partition coefficient (Wildman–Crippen LogP) is -1.51. The Balaban J connectivity index is 1.19. The van der Waals surface area contributed by atoms with Gasteiger partial charge in [0.1, 0.15) is 42.4 Å². The van der Waals surface area contributed by atoms with E-state index >= 15 is 0 Å². The zero-order valence-corrected chi connectivity index (χ0v) is 27.6. The highest BCUT2D eigenvalue weighted by Gasteiger charge is 2.50. The van der Waals surface area contributed by atoms with Crippen LogP contribution in [0.15, 0.2) is 36.0 Å². The van der Waals surface area contributed by atoms with Crippen LogP contribution < -0.4 is 16.0 Å². The summed E-state index contributed by atoms with van der Waals surface area (Å²) in [6.45, 7) is 0.142. The number of aromatic nitrogens is 5. The summed E-state index contributed by atoms with van der Waals surface area (Å²) in [5, 5.41) is 42.7. The second-order valence-electron chi connectivity index (χ2n) is 10.7. The van der Waals surface area contributed by atoms with E-state index in [0.29, 0.717) is 10.9 Å². The average Bonchev–Trinajstić information content (AvgIpc) is 3.64. The van der Waals surface area contributed by atoms with Gasteiger partial charge in [-0.1, -0.05) is 18.7 Å². The van der Waals surface area contributed by atoms with E-state index in [1.54, 1.807) is 0 Å². The van der Waals surface area contributed by atoms with E-state index < -0.39 is 83.8 Å². The normalized spacial score (nSPS) is 30.0. The third kappa shape index (κ3) is 7.87. The number of fused-ring (bicyclic) bond motifs is 1. The van der Waals surface area contributed by atoms with Gasteiger partial charge in [0.05, 0.1) is 13.2 Å². The number of nitrogen functional groups attached to an aromatic ring is 1. The fraction of sp³-hybridized carbons (Fsp3) is 0.542. The lowest BCUT2D eigenvalue weighted by molar-refractivity contribution is -0.765. The molecule has 5 heterocycles. The monoisotopic (exact) mass is 738 g/mol. The number of aliphatic hydroxyl groups is 4. The molecule has 264 valence electrons. The molecular formula is C24H34N7O14P2S+. The summed E-state index contributed by atoms with van der Waals surface area (Å²) in [5.41, 5.74) is 11.7. The van der Waals surface area contributed by atoms with Crippen LogP contribution in [0, 0.1) is 0 Å². The second kappa shape index (κ2) is 14.7. The van der Waals surface area contributed by atoms with Gasteiger partial charge in [0.25, 0.3) is 12.1 Å². The van der Waals surface area contributed by atoms with E-state index in [-0.39, 0.29) is 22.5 Å². The number of carbonyl (C=O) groups excluding carboxylic acids is 1. The van der Waals surface area contributed by atoms with Gasteiger partial charge < -0.3 is 51.2 Å². The Hall–Kier alpha value is -2.66. The number of hydrogen-bond donors (Lipinski definition) is 8. The van der Waals surface area contributed by atoms with Crippen LogP contribution >= 0.6 is 27.4 Å². The SMILES string of the molecule is CCCSc1nc2c(N)ncnc2n1[C@@H]1O[C@H](COP(=O)(O)OP(=O)(O)OC[C@@H]2O[C@H]([n+]3cccc(C(N)=O)c3)C(O)[C@@H]2O)C(O)[C@@H]1O. The second-order valence-corrected chi connectivity index (χ2v) is 14.8. The number of carbonyl (C=O) groups is 1. The van der Waals surface area contributed by atoms with E-state index in [1.165, 1.54) is 51.7 Å². The zero-order chi connectivity index (χ0) is 35.0. The predicted molar refractivity (Wildman–Crippen MR) is 160 cm³/mol. The molecule has 10 N–H and O–H groups in total. The highest BCUT2D eigenvalue weighted by atomic mass is 32.2. The summed E-state index contributed by atoms with van der Waals surface area (Å²) in [6.07, 6.45) is -7.33. The smallest absolute Gasteiger partial charge is 0.387 e. The Bertz CT molecular complexity index is 1740. The van der Waals surface area contributed by atoms with Gasteiger partial charge in [0.2, 0.25) is 0 Å². The van der Waals surface area contributed by atoms with Gasteiger partial charge >= 0.3 is 15.6 Å². The number of aliphatic hydroxyl groups excluding tert-OH is 4. The fourth-order valence-electron chi connectivity index (χ4n) is 4.93. The number of thioether (sulfide) groups is 1. The van der Waals surface area contributed by atoms with Crippen LogP contribution in [-0.2, 0) is 32.0 Å². The van der Waals surface area contributed by atoms with Crippen molar-refractivity contribution in [2.75, 3.05) is 24.7 Å². The Morgan fingerprint density at radius 1 is 1.04 bits per heavy atom. The van der Waals surface area contributed by atoms with Crippen molar-refractivity contribution >= 4 is 50.3 Å². The molecule has 48 heavy (non-hydrogen) atoms. The lowest BCUT2D eigenvalue weighted by atomic mass is 10.1. The van der Waals surface area contributed by atoms with Crippen LogP contribution in [0.4, 0.5) is 5.82 Å². The van der Waals surface area contributed by atoms with Crippen LogP contribution in [-0.4, -0.2) is 111 Å². The number of imidazole rings is 1. The summed E-state index contributed by atoms with van der Waals surface area (Å²) in [4.78, 5) is 44.3. The van der Waals surface area contributed by atoms with Crippen molar-refractivity contribution in [3.05, 3.63) is 36.4 Å². The first-order chi connectivity index (χ1) is 22.6. The molecule has 0 aromatic carbocycles. The minimum atomic E-state index is -5.40. The number of rotatable bonds is 14. The van der Waals surface area contributed by atoms with Gasteiger partial charge in [-0.2, -0.15) is 8.88 Å². The number of anilines is 1. The number of primary amides is 1. The van der Waals surface area contributed by atoms with E-state index in [0.717, 1.165) is 6.42 Å². The number of ether oxygens (including phenoxy) is 2. The number of nitrogens with zero attached hydrogens (tertiary/aromatic N) is 5. The van der Waals surface area contributed by atoms with Gasteiger partial charge in [-0.15, -0.1) is 0 Å². The van der Waals surface area contributed by atoms with Crippen molar-refractivity contribution in [3.63, 3.8) is 0 Å². The molecule has 0 radical (unpaired) electrons. The Morgan fingerprint density at radius 2 is 1.69 bits per heavy atom. The van der Waals surface area contributed by atoms with E-state index in [2.05, 4.69) is 19.3 Å². The molecule has 21 nitrogen and oxygen atoms in total. The van der Waals surface area contributed by atoms with E-state index in [9.17, 15) is 44.1 Å². The number of phosphoric acid groups is 2. The molecule has 4 unspecified atom stereocenters. The lowest BCUT2D eigenvalue weighted by Gasteiger charge is -2.20. The Labute approximate surface area is 275 Å². The van der Waals surface area contributed by atoms with Crippen molar-refractivity contribution in [1.82, 2.24) is 19.5 Å². The summed E-state index contributed by atoms with van der Waals surface area (Å²) in [6, 6.07) is 2.84. The molecule has 0 spiro atoms. The average molecular weight is 739 g/mol. The lowest BCUT2D eigenvalue weighted by Crippen LogP contribution is -2.46. The summed E-state index contributed by atoms with van der Waals surface area (Å²) < 4.78 is 52.9. The highest BCUT2D eigenvalue weighted by Crippen LogP contribution is 2.60. The van der Waals surface area contributed by atoms with Crippen LogP contribution in [0.5, 0.6) is 0 Å². The number of phosphoric ester groups is 2. The van der Waals surface area contributed by atoms with Crippen molar-refractivity contribution in [3.8, 4) is 0 Å². The summed E-state index contributed by atoms with van der Waals surface area (Å²) >= 11 is 1.30. The molecule has 3 aromatic rings. The number of pyridine rings is 1. The quantitative estimate of drug-likeness (QED) is 0.0529. The molecule has 1 amide bonds. The number of nitrogens with two attached hydrogens (primary N) is 2. The molecule has 2 aliphatic rings. The van der Waals surface area contributed by atoms with Crippen LogP contribution in [0.3, 0.4) is 0 Å². The minimum absolute atomic E-state index is 0.0675. The van der Waals surface area contributed by atoms with Crippen LogP contribution in [0.1, 0.15) is 36.2 Å². The molecule has 2 aliphatic heterocycles. The van der Waals surface area contributed by atoms with Gasteiger partial charge in [-0.05, 0) is 12.5 Å². The van der Waals surface area contributed by atoms with E-state index in [4.69, 9.17) is 30.0 Å². The van der Waals surface area contributed by atoms with Crippen molar-refractivity contribution in [1.29, 1.82) is 0 Å². The molecule has 0 aliphatic carbocycles. The molecule has 5 rings (SSSR count). The van der Waals surface area contributed by atoms with Crippen molar-refractivity contribution in [2.24, 2.45) is 5.73 Å². The maximum absolute atomic E-state index is 12.6. The summed E-state index contributed by atoms with van der Waals surface area (Å²) in [5.74, 6) is -0.0722. The third-order valence-corrected chi connectivity index (χ3v) is 11.0. The van der Waals surface area contributed by atoms with E-state index in [1.807, 2.05) is 6.92 Å². The standard InChI is InChI=1S/C24H33N7O14P2S/c1-2-6-48-24-29-14-19(25)27-10-28-21(14)31(24)23-18(35)16(33)13(44-23)9-42-47(39,40)45-46(37,38)41-8-12-15(32)17(34)22(43-12)30-5-3-4-11(7-30)20(26)36/h3-5,7,10,12-13,15-18,22-23,32-35H,2,6,8-9H2,1H3,(H5-,25,26,27,28,36,37,38,39,40)/p+1/t12-,13+,15+,16?,17?,18-,22-,23+/m0/s1. The molecular weight excluding hydrogens is 704 g/mol. The van der Waals surface area contributed by atoms with Gasteiger partial charge in [0, 0.05) is 11.8 Å². The number of hydrogen-bond acceptors (Lipinski definition) is 17. The first-order valence-corrected chi connectivity index (χ1v) is 18.2. The van der Waals surface area contributed by atoms with Gasteiger partial charge in [0.15, 0.2) is 46.9 Å². The van der Waals surface area contributed by atoms with Crippen molar-refractivity contribution in [2.45, 2.75) is 67.6 Å². The Kier molecular flexibility index (Phi) is 11.2. The third-order valence-electron chi connectivity index (χ3n) is 7.25. The van der Waals surface area contributed by atoms with Crippen LogP contribution in [0.25, 0.3) is 11.2 Å². The molecule has 3 aromatic heterocycles.